The molecule has 0 unspecified atom stereocenters. The van der Waals surface area contributed by atoms with Gasteiger partial charge in [0.1, 0.15) is 24.2 Å². The Morgan fingerprint density at radius 2 is 1.53 bits per heavy atom. The number of amides is 2. The molecule has 0 bridgehead atoms. The molecular weight excluding hydrogens is 488 g/mol. The number of rotatable bonds is 10. The van der Waals surface area contributed by atoms with Crippen molar-refractivity contribution in [3.05, 3.63) is 96.1 Å². The molecule has 0 saturated carbocycles. The first-order valence-corrected chi connectivity index (χ1v) is 12.7. The molecule has 36 heavy (non-hydrogen) atoms. The SMILES string of the molecule is CCNC(=O)[C@@H](C)N(Cc1ccc(F)cc1)C(=O)CN(c1ccccc1F)S(=O)(=O)c1ccccc1. The Balaban J connectivity index is 2.02. The number of likely N-dealkylation sites (N-methyl/N-ethyl adjacent to an activating group) is 1. The Kier molecular flexibility index (Phi) is 8.76. The average molecular weight is 516 g/mol. The van der Waals surface area contributed by atoms with E-state index >= 15 is 0 Å². The highest BCUT2D eigenvalue weighted by Gasteiger charge is 2.33. The summed E-state index contributed by atoms with van der Waals surface area (Å²) in [5.41, 5.74) is 0.228. The molecule has 0 fully saturated rings. The molecule has 0 aliphatic rings. The third-order valence-electron chi connectivity index (χ3n) is 5.52. The average Bonchev–Trinajstić information content (AvgIpc) is 2.87. The Bertz CT molecular complexity index is 1300. The molecule has 2 amide bonds. The molecule has 1 atom stereocenters. The van der Waals surface area contributed by atoms with E-state index in [2.05, 4.69) is 5.32 Å². The van der Waals surface area contributed by atoms with Crippen molar-refractivity contribution in [1.82, 2.24) is 10.2 Å². The van der Waals surface area contributed by atoms with E-state index in [4.69, 9.17) is 0 Å². The van der Waals surface area contributed by atoms with Crippen molar-refractivity contribution in [2.45, 2.75) is 31.3 Å². The van der Waals surface area contributed by atoms with Gasteiger partial charge in [-0.15, -0.1) is 0 Å². The van der Waals surface area contributed by atoms with Crippen molar-refractivity contribution in [1.29, 1.82) is 0 Å². The molecule has 0 aliphatic carbocycles. The molecule has 0 radical (unpaired) electrons. The van der Waals surface area contributed by atoms with Crippen LogP contribution in [0.3, 0.4) is 0 Å². The molecule has 0 heterocycles. The molecule has 7 nitrogen and oxygen atoms in total. The van der Waals surface area contributed by atoms with Gasteiger partial charge in [0.05, 0.1) is 10.6 Å². The van der Waals surface area contributed by atoms with E-state index in [-0.39, 0.29) is 17.1 Å². The van der Waals surface area contributed by atoms with Crippen molar-refractivity contribution in [3.63, 3.8) is 0 Å². The maximum atomic E-state index is 14.8. The summed E-state index contributed by atoms with van der Waals surface area (Å²) in [4.78, 5) is 27.3. The van der Waals surface area contributed by atoms with Gasteiger partial charge in [-0.3, -0.25) is 13.9 Å². The fraction of sp³-hybridized carbons (Fsp3) is 0.231. The summed E-state index contributed by atoms with van der Waals surface area (Å²) in [5, 5.41) is 2.64. The van der Waals surface area contributed by atoms with E-state index in [1.165, 1.54) is 78.6 Å². The quantitative estimate of drug-likeness (QED) is 0.446. The van der Waals surface area contributed by atoms with E-state index < -0.39 is 46.1 Å². The number of anilines is 1. The first kappa shape index (κ1) is 26.8. The number of nitrogens with zero attached hydrogens (tertiary/aromatic N) is 2. The second-order valence-corrected chi connectivity index (χ2v) is 9.86. The molecule has 0 aliphatic heterocycles. The number of carbonyl (C=O) groups is 2. The van der Waals surface area contributed by atoms with Gasteiger partial charge in [0.2, 0.25) is 11.8 Å². The zero-order chi connectivity index (χ0) is 26.3. The van der Waals surface area contributed by atoms with E-state index in [9.17, 15) is 26.8 Å². The fourth-order valence-corrected chi connectivity index (χ4v) is 5.02. The number of nitrogens with one attached hydrogen (secondary N) is 1. The minimum absolute atomic E-state index is 0.0894. The molecule has 0 spiro atoms. The van der Waals surface area contributed by atoms with E-state index in [0.29, 0.717) is 16.4 Å². The zero-order valence-electron chi connectivity index (χ0n) is 19.9. The summed E-state index contributed by atoms with van der Waals surface area (Å²) in [7, 11) is -4.34. The molecule has 3 aromatic carbocycles. The van der Waals surface area contributed by atoms with Crippen LogP contribution in [0.2, 0.25) is 0 Å². The van der Waals surface area contributed by atoms with Crippen LogP contribution in [0.1, 0.15) is 19.4 Å². The molecule has 1 N–H and O–H groups in total. The maximum Gasteiger partial charge on any atom is 0.264 e. The standard InChI is InChI=1S/C26H27F2N3O4S/c1-3-29-26(33)19(2)30(17-20-13-15-21(27)16-14-20)25(32)18-31(24-12-8-7-11-23(24)28)36(34,35)22-9-5-4-6-10-22/h4-16,19H,3,17-18H2,1-2H3,(H,29,33)/t19-/m1/s1. The lowest BCUT2D eigenvalue weighted by Gasteiger charge is -2.32. The van der Waals surface area contributed by atoms with Crippen LogP contribution in [0.25, 0.3) is 0 Å². The van der Waals surface area contributed by atoms with Gasteiger partial charge in [0.25, 0.3) is 10.0 Å². The molecule has 3 aromatic rings. The predicted molar refractivity (Wildman–Crippen MR) is 132 cm³/mol. The number of hydrogen-bond acceptors (Lipinski definition) is 4. The highest BCUT2D eigenvalue weighted by Crippen LogP contribution is 2.26. The highest BCUT2D eigenvalue weighted by molar-refractivity contribution is 7.92. The number of sulfonamides is 1. The minimum Gasteiger partial charge on any atom is -0.355 e. The monoisotopic (exact) mass is 515 g/mol. The summed E-state index contributed by atoms with van der Waals surface area (Å²) < 4.78 is 55.9. The molecular formula is C26H27F2N3O4S. The van der Waals surface area contributed by atoms with Crippen LogP contribution < -0.4 is 9.62 Å². The van der Waals surface area contributed by atoms with E-state index in [1.807, 2.05) is 0 Å². The Morgan fingerprint density at radius 3 is 2.14 bits per heavy atom. The molecule has 10 heteroatoms. The van der Waals surface area contributed by atoms with E-state index in [1.54, 1.807) is 13.0 Å². The van der Waals surface area contributed by atoms with Crippen molar-refractivity contribution >= 4 is 27.5 Å². The molecule has 190 valence electrons. The normalized spacial score (nSPS) is 12.0. The van der Waals surface area contributed by atoms with Crippen molar-refractivity contribution in [3.8, 4) is 0 Å². The maximum absolute atomic E-state index is 14.8. The first-order chi connectivity index (χ1) is 17.1. The Labute approximate surface area is 209 Å². The van der Waals surface area contributed by atoms with Gasteiger partial charge < -0.3 is 10.2 Å². The number of carbonyl (C=O) groups excluding carboxylic acids is 2. The van der Waals surface area contributed by atoms with Gasteiger partial charge in [-0.05, 0) is 55.8 Å². The van der Waals surface area contributed by atoms with Crippen LogP contribution in [0.15, 0.2) is 83.8 Å². The highest BCUT2D eigenvalue weighted by atomic mass is 32.2. The zero-order valence-corrected chi connectivity index (χ0v) is 20.7. The molecule has 0 saturated heterocycles. The number of halogens is 2. The molecule has 0 aromatic heterocycles. The van der Waals surface area contributed by atoms with Crippen molar-refractivity contribution < 1.29 is 26.8 Å². The second-order valence-electron chi connectivity index (χ2n) is 7.99. The first-order valence-electron chi connectivity index (χ1n) is 11.3. The van der Waals surface area contributed by atoms with Crippen molar-refractivity contribution in [2.24, 2.45) is 0 Å². The minimum atomic E-state index is -4.34. The van der Waals surface area contributed by atoms with Gasteiger partial charge >= 0.3 is 0 Å². The summed E-state index contributed by atoms with van der Waals surface area (Å²) in [6.45, 7) is 2.71. The van der Waals surface area contributed by atoms with Crippen LogP contribution in [-0.4, -0.2) is 44.3 Å². The van der Waals surface area contributed by atoms with Crippen LogP contribution in [-0.2, 0) is 26.2 Å². The summed E-state index contributed by atoms with van der Waals surface area (Å²) in [5.74, 6) is -2.48. The summed E-state index contributed by atoms with van der Waals surface area (Å²) in [6, 6.07) is 17.0. The van der Waals surface area contributed by atoms with Crippen LogP contribution in [0.4, 0.5) is 14.5 Å². The van der Waals surface area contributed by atoms with Gasteiger partial charge in [-0.25, -0.2) is 17.2 Å². The summed E-state index contributed by atoms with van der Waals surface area (Å²) >= 11 is 0. The number of benzene rings is 3. The Hall–Kier alpha value is -3.79. The largest absolute Gasteiger partial charge is 0.355 e. The lowest BCUT2D eigenvalue weighted by Crippen LogP contribution is -2.51. The van der Waals surface area contributed by atoms with Gasteiger partial charge in [-0.2, -0.15) is 0 Å². The molecule has 3 rings (SSSR count). The van der Waals surface area contributed by atoms with Gasteiger partial charge in [0.15, 0.2) is 0 Å². The van der Waals surface area contributed by atoms with Crippen molar-refractivity contribution in [2.75, 3.05) is 17.4 Å². The fourth-order valence-electron chi connectivity index (χ4n) is 3.58. The topological polar surface area (TPSA) is 86.8 Å². The van der Waals surface area contributed by atoms with Gasteiger partial charge in [-0.1, -0.05) is 42.5 Å². The van der Waals surface area contributed by atoms with Gasteiger partial charge in [0, 0.05) is 13.1 Å². The predicted octanol–water partition coefficient (Wildman–Crippen LogP) is 3.71. The summed E-state index contributed by atoms with van der Waals surface area (Å²) in [6.07, 6.45) is 0. The van der Waals surface area contributed by atoms with E-state index in [0.717, 1.165) is 6.07 Å². The lowest BCUT2D eigenvalue weighted by atomic mass is 10.1. The number of hydrogen-bond donors (Lipinski definition) is 1. The number of para-hydroxylation sites is 1. The Morgan fingerprint density at radius 1 is 0.917 bits per heavy atom. The third-order valence-corrected chi connectivity index (χ3v) is 7.29. The van der Waals surface area contributed by atoms with Crippen LogP contribution in [0, 0.1) is 11.6 Å². The second kappa shape index (κ2) is 11.8. The van der Waals surface area contributed by atoms with Crippen LogP contribution >= 0.6 is 0 Å². The van der Waals surface area contributed by atoms with Crippen LogP contribution in [0.5, 0.6) is 0 Å². The smallest absolute Gasteiger partial charge is 0.264 e. The third kappa shape index (κ3) is 6.25. The lowest BCUT2D eigenvalue weighted by molar-refractivity contribution is -0.139.